The van der Waals surface area contributed by atoms with Gasteiger partial charge < -0.3 is 96.5 Å². The van der Waals surface area contributed by atoms with E-state index < -0.39 is 47.7 Å². The van der Waals surface area contributed by atoms with Gasteiger partial charge in [0.2, 0.25) is 0 Å². The Hall–Kier alpha value is -3.58. The molecule has 0 heterocycles. The fraction of sp³-hybridized carbons (Fsp3) is 0.888. The molecule has 25 nitrogen and oxygen atoms in total. The van der Waals surface area contributed by atoms with E-state index in [1.807, 2.05) is 34.6 Å². The number of rotatable bonds is 86. The van der Waals surface area contributed by atoms with Crippen LogP contribution in [0.4, 0.5) is 0 Å². The van der Waals surface area contributed by atoms with E-state index in [-0.39, 0.29) is 144 Å². The first kappa shape index (κ1) is 115. The molecule has 8 unspecified atom stereocenters. The van der Waals surface area contributed by atoms with Gasteiger partial charge in [-0.2, -0.15) is 0 Å². The van der Waals surface area contributed by atoms with Gasteiger partial charge in [0.1, 0.15) is 26.4 Å². The number of hydrogen-bond acceptors (Lipinski definition) is 25. The average Bonchev–Trinajstić information content (AvgIpc) is 0.866. The third-order valence-electron chi connectivity index (χ3n) is 18.8. The van der Waals surface area contributed by atoms with E-state index in [1.54, 1.807) is 0 Å². The highest BCUT2D eigenvalue weighted by atomic mass is 16.6. The normalized spacial score (nSPS) is 13.8. The van der Waals surface area contributed by atoms with Crippen LogP contribution in [0.5, 0.6) is 0 Å². The van der Waals surface area contributed by atoms with Crippen molar-refractivity contribution < 1.29 is 106 Å². The number of carbonyl (C=O) groups excluding carboxylic acids is 4. The topological polar surface area (TPSA) is 288 Å². The smallest absolute Gasteiger partial charge is 0.330 e. The molecule has 25 heteroatoms. The Morgan fingerprint density at radius 1 is 0.325 bits per heavy atom. The minimum Gasteiger partial charge on any atom is -0.463 e. The number of esters is 4. The maximum Gasteiger partial charge on any atom is 0.330 e. The molecule has 0 aromatic carbocycles. The van der Waals surface area contributed by atoms with Crippen LogP contribution in [0, 0.1) is 5.41 Å². The molecule has 0 rings (SSSR count). The zero-order chi connectivity index (χ0) is 83.9. The summed E-state index contributed by atoms with van der Waals surface area (Å²) in [5.41, 5.74) is -0.860. The molecule has 0 aliphatic rings. The monoisotopic (exact) mass is 1640 g/mol. The van der Waals surface area contributed by atoms with E-state index in [9.17, 15) is 39.6 Å². The van der Waals surface area contributed by atoms with Crippen LogP contribution in [0.25, 0.3) is 0 Å². The SMILES string of the molecule is C.C=CC(=O)OCCOCC(COCCOC(=O)C=C)(COCCOC(=O)C=C)COCCOC(=O)CCC.CCCCCCCCCCCCN(C)CC(O)COCC(C)OCC(C)OCC(O)CN(CCCCCCCCCCCC)CC(O)COCC(C)OCC(C)OCC(O)CN(C)CCCCCCCCCCCC. The predicted molar refractivity (Wildman–Crippen MR) is 456 cm³/mol. The Morgan fingerprint density at radius 2 is 0.588 bits per heavy atom. The standard InChI is InChI=1S/C62H129N3O10.C26H40O12.CH4/c1-10-13-16-19-22-25-28-31-34-37-40-63(8)43-59(66)51-70-47-55(4)73-50-58(7)75-54-62(69)46-65(42-39-36-33-30-27-24-21-18-15-12-3)45-61(68)52-71-48-56(5)72-49-57(6)74-53-60(67)44-64(9)41-38-35-32-29-26-23-20-17-14-11-2;1-5-9-25(30)38-17-13-34-21-26(18-31-10-14-35-22(27)6-2,19-32-11-15-36-23(28)7-3)20-33-12-16-37-24(29)8-4;/h55-62,66-69H,10-54H2,1-9H3;6-8H,2-5,9-21H2,1H3;1H4. The van der Waals surface area contributed by atoms with Crippen LogP contribution in [0.2, 0.25) is 0 Å². The second kappa shape index (κ2) is 84.4. The summed E-state index contributed by atoms with van der Waals surface area (Å²) >= 11 is 0. The third-order valence-corrected chi connectivity index (χ3v) is 18.8. The number of aliphatic hydroxyl groups excluding tert-OH is 4. The van der Waals surface area contributed by atoms with Crippen molar-refractivity contribution in [3.05, 3.63) is 38.0 Å². The first-order valence-electron chi connectivity index (χ1n) is 43.9. The van der Waals surface area contributed by atoms with E-state index in [4.69, 9.17) is 66.3 Å². The van der Waals surface area contributed by atoms with Crippen LogP contribution in [0.3, 0.4) is 0 Å². The lowest BCUT2D eigenvalue weighted by atomic mass is 9.92. The fourth-order valence-corrected chi connectivity index (χ4v) is 12.3. The average molecular weight is 1640 g/mol. The maximum absolute atomic E-state index is 11.6. The second-order valence-electron chi connectivity index (χ2n) is 30.9. The number of nitrogens with zero attached hydrogens (tertiary/aromatic N) is 3. The molecule has 0 saturated heterocycles. The molecule has 0 amide bonds. The molecule has 0 bridgehead atoms. The Labute approximate surface area is 693 Å². The minimum atomic E-state index is -0.860. The van der Waals surface area contributed by atoms with Gasteiger partial charge in [0.05, 0.1) is 160 Å². The van der Waals surface area contributed by atoms with E-state index in [0.29, 0.717) is 65.4 Å². The van der Waals surface area contributed by atoms with Crippen LogP contribution in [-0.2, 0) is 85.5 Å². The predicted octanol–water partition coefficient (Wildman–Crippen LogP) is 14.2. The fourth-order valence-electron chi connectivity index (χ4n) is 12.3. The molecule has 0 aliphatic heterocycles. The lowest BCUT2D eigenvalue weighted by molar-refractivity contribution is -0.149. The molecule has 8 atom stereocenters. The Balaban J connectivity index is -0.00000265. The van der Waals surface area contributed by atoms with Crippen molar-refractivity contribution in [2.24, 2.45) is 5.41 Å². The highest BCUT2D eigenvalue weighted by molar-refractivity contribution is 5.81. The van der Waals surface area contributed by atoms with Gasteiger partial charge in [-0.1, -0.05) is 228 Å². The van der Waals surface area contributed by atoms with Crippen LogP contribution < -0.4 is 0 Å². The summed E-state index contributed by atoms with van der Waals surface area (Å²) in [5.74, 6) is -2.03. The first-order chi connectivity index (χ1) is 54.6. The number of carbonyl (C=O) groups is 4. The van der Waals surface area contributed by atoms with Gasteiger partial charge in [-0.3, -0.25) is 9.69 Å². The van der Waals surface area contributed by atoms with Crippen molar-refractivity contribution in [2.75, 3.05) is 192 Å². The van der Waals surface area contributed by atoms with Gasteiger partial charge in [0.15, 0.2) is 0 Å². The van der Waals surface area contributed by atoms with E-state index in [1.165, 1.54) is 173 Å². The van der Waals surface area contributed by atoms with E-state index in [0.717, 1.165) is 57.1 Å². The molecular weight excluding hydrogens is 1460 g/mol. The summed E-state index contributed by atoms with van der Waals surface area (Å²) in [6.45, 7) is 34.4. The van der Waals surface area contributed by atoms with E-state index >= 15 is 0 Å². The summed E-state index contributed by atoms with van der Waals surface area (Å²) < 4.78 is 78.4. The van der Waals surface area contributed by atoms with Crippen molar-refractivity contribution in [1.29, 1.82) is 0 Å². The summed E-state index contributed by atoms with van der Waals surface area (Å²) in [7, 11) is 4.15. The Kier molecular flexibility index (Phi) is 84.9. The number of ether oxygens (including phenoxy) is 14. The highest BCUT2D eigenvalue weighted by Crippen LogP contribution is 2.22. The van der Waals surface area contributed by atoms with Gasteiger partial charge in [-0.05, 0) is 87.1 Å². The summed E-state index contributed by atoms with van der Waals surface area (Å²) in [5, 5.41) is 43.3. The van der Waals surface area contributed by atoms with Gasteiger partial charge in [0.25, 0.3) is 0 Å². The molecule has 676 valence electrons. The number of likely N-dealkylation sites (N-methyl/N-ethyl adjacent to an activating group) is 2. The van der Waals surface area contributed by atoms with Crippen molar-refractivity contribution in [1.82, 2.24) is 14.7 Å². The maximum atomic E-state index is 11.6. The quantitative estimate of drug-likeness (QED) is 0.0190. The minimum absolute atomic E-state index is 0. The Bertz CT molecular complexity index is 2080. The molecule has 0 aromatic heterocycles. The molecule has 0 aromatic rings. The highest BCUT2D eigenvalue weighted by Gasteiger charge is 2.33. The number of hydrogen-bond donors (Lipinski definition) is 4. The largest absolute Gasteiger partial charge is 0.463 e. The zero-order valence-electron chi connectivity index (χ0n) is 73.2. The zero-order valence-corrected chi connectivity index (χ0v) is 73.2. The van der Waals surface area contributed by atoms with Gasteiger partial charge in [-0.15, -0.1) is 0 Å². The number of aliphatic hydroxyl groups is 4. The molecule has 4 N–H and O–H groups in total. The molecule has 0 saturated carbocycles. The van der Waals surface area contributed by atoms with Gasteiger partial charge >= 0.3 is 23.9 Å². The lowest BCUT2D eigenvalue weighted by Crippen LogP contribution is -2.43. The van der Waals surface area contributed by atoms with Gasteiger partial charge in [-0.25, -0.2) is 14.4 Å². The van der Waals surface area contributed by atoms with Gasteiger partial charge in [0, 0.05) is 50.8 Å². The molecule has 114 heavy (non-hydrogen) atoms. The summed E-state index contributed by atoms with van der Waals surface area (Å²) in [4.78, 5) is 51.8. The van der Waals surface area contributed by atoms with Crippen molar-refractivity contribution >= 4 is 23.9 Å². The lowest BCUT2D eigenvalue weighted by Gasteiger charge is -2.33. The summed E-state index contributed by atoms with van der Waals surface area (Å²) in [6, 6.07) is 0. The first-order valence-corrected chi connectivity index (χ1v) is 43.9. The van der Waals surface area contributed by atoms with E-state index in [2.05, 4.69) is 69.3 Å². The third kappa shape index (κ3) is 79.5. The molecule has 0 aliphatic carbocycles. The van der Waals surface area contributed by atoms with Crippen molar-refractivity contribution in [3.8, 4) is 0 Å². The van der Waals surface area contributed by atoms with Crippen LogP contribution in [0.15, 0.2) is 38.0 Å². The van der Waals surface area contributed by atoms with Crippen molar-refractivity contribution in [2.45, 2.75) is 317 Å². The molecule has 0 spiro atoms. The van der Waals surface area contributed by atoms with Crippen LogP contribution in [0.1, 0.15) is 268 Å². The van der Waals surface area contributed by atoms with Crippen LogP contribution in [-0.4, -0.2) is 300 Å². The molecule has 0 radical (unpaired) electrons. The summed E-state index contributed by atoms with van der Waals surface area (Å²) in [6.07, 6.45) is 39.9. The van der Waals surface area contributed by atoms with Crippen LogP contribution >= 0.6 is 0 Å². The Morgan fingerprint density at radius 3 is 0.904 bits per heavy atom. The number of unbranched alkanes of at least 4 members (excludes halogenated alkanes) is 27. The second-order valence-corrected chi connectivity index (χ2v) is 30.9. The van der Waals surface area contributed by atoms with Crippen molar-refractivity contribution in [3.63, 3.8) is 0 Å². The molecule has 0 fully saturated rings. The molecular formula is C89H173N3O22.